The number of aliphatic hydroxyl groups excluding tert-OH is 1. The second-order valence-corrected chi connectivity index (χ2v) is 5.44. The van der Waals surface area contributed by atoms with Gasteiger partial charge in [0.05, 0.1) is 6.10 Å². The molecule has 1 aliphatic carbocycles. The Morgan fingerprint density at radius 2 is 2.35 bits per heavy atom. The van der Waals surface area contributed by atoms with Gasteiger partial charge in [-0.15, -0.1) is 0 Å². The van der Waals surface area contributed by atoms with E-state index in [-0.39, 0.29) is 18.1 Å². The molecule has 1 aliphatic heterocycles. The molecule has 3 nitrogen and oxygen atoms in total. The van der Waals surface area contributed by atoms with Crippen molar-refractivity contribution in [2.75, 3.05) is 6.54 Å². The standard InChI is InChI=1S/C14H23NO2/c1-11(16)9-13-7-4-8-15(13)14(17)10-12-5-2-3-6-12/h2,5,11-13,16H,3-4,6-10H2,1H3/t11-,12-,13-/m0/s1. The summed E-state index contributed by atoms with van der Waals surface area (Å²) in [6.45, 7) is 2.69. The molecule has 0 aromatic heterocycles. The molecule has 0 saturated carbocycles. The second-order valence-electron chi connectivity index (χ2n) is 5.44. The highest BCUT2D eigenvalue weighted by Gasteiger charge is 2.30. The first kappa shape index (κ1) is 12.6. The van der Waals surface area contributed by atoms with Gasteiger partial charge < -0.3 is 10.0 Å². The molecule has 0 aromatic carbocycles. The van der Waals surface area contributed by atoms with Crippen LogP contribution in [0.5, 0.6) is 0 Å². The van der Waals surface area contributed by atoms with E-state index in [9.17, 15) is 9.90 Å². The van der Waals surface area contributed by atoms with Gasteiger partial charge in [-0.2, -0.15) is 0 Å². The van der Waals surface area contributed by atoms with E-state index in [1.807, 2.05) is 4.90 Å². The minimum absolute atomic E-state index is 0.271. The molecule has 0 spiro atoms. The Bertz CT molecular complexity index is 299. The number of allylic oxidation sites excluding steroid dienone is 2. The highest BCUT2D eigenvalue weighted by molar-refractivity contribution is 5.77. The van der Waals surface area contributed by atoms with Crippen molar-refractivity contribution in [3.05, 3.63) is 12.2 Å². The molecular weight excluding hydrogens is 214 g/mol. The molecule has 1 fully saturated rings. The van der Waals surface area contributed by atoms with Crippen LogP contribution in [0.2, 0.25) is 0 Å². The van der Waals surface area contributed by atoms with Crippen LogP contribution in [0.1, 0.15) is 45.4 Å². The summed E-state index contributed by atoms with van der Waals surface area (Å²) in [6, 6.07) is 0.271. The summed E-state index contributed by atoms with van der Waals surface area (Å²) in [6.07, 6.45) is 9.82. The van der Waals surface area contributed by atoms with Crippen molar-refractivity contribution in [3.8, 4) is 0 Å². The monoisotopic (exact) mass is 237 g/mol. The zero-order chi connectivity index (χ0) is 12.3. The van der Waals surface area contributed by atoms with Gasteiger partial charge in [0, 0.05) is 19.0 Å². The molecule has 1 heterocycles. The quantitative estimate of drug-likeness (QED) is 0.761. The molecule has 17 heavy (non-hydrogen) atoms. The van der Waals surface area contributed by atoms with Gasteiger partial charge in [0.15, 0.2) is 0 Å². The van der Waals surface area contributed by atoms with Crippen LogP contribution in [0.15, 0.2) is 12.2 Å². The molecular formula is C14H23NO2. The molecule has 0 bridgehead atoms. The van der Waals surface area contributed by atoms with Gasteiger partial charge in [0.1, 0.15) is 0 Å². The van der Waals surface area contributed by atoms with Gasteiger partial charge in [-0.1, -0.05) is 12.2 Å². The lowest BCUT2D eigenvalue weighted by Gasteiger charge is -2.26. The van der Waals surface area contributed by atoms with Crippen molar-refractivity contribution < 1.29 is 9.90 Å². The largest absolute Gasteiger partial charge is 0.393 e. The van der Waals surface area contributed by atoms with Crippen LogP contribution < -0.4 is 0 Å². The number of carbonyl (C=O) groups excluding carboxylic acids is 1. The normalized spacial score (nSPS) is 29.9. The number of aliphatic hydroxyl groups is 1. The van der Waals surface area contributed by atoms with E-state index >= 15 is 0 Å². The van der Waals surface area contributed by atoms with Gasteiger partial charge in [-0.3, -0.25) is 4.79 Å². The van der Waals surface area contributed by atoms with E-state index in [4.69, 9.17) is 0 Å². The fourth-order valence-corrected chi connectivity index (χ4v) is 3.01. The number of amides is 1. The van der Waals surface area contributed by atoms with Gasteiger partial charge >= 0.3 is 0 Å². The maximum atomic E-state index is 12.2. The lowest BCUT2D eigenvalue weighted by Crippen LogP contribution is -2.37. The average molecular weight is 237 g/mol. The summed E-state index contributed by atoms with van der Waals surface area (Å²) in [7, 11) is 0. The predicted octanol–water partition coefficient (Wildman–Crippen LogP) is 2.10. The van der Waals surface area contributed by atoms with E-state index in [1.54, 1.807) is 6.92 Å². The zero-order valence-corrected chi connectivity index (χ0v) is 10.6. The van der Waals surface area contributed by atoms with Crippen molar-refractivity contribution in [2.45, 2.75) is 57.6 Å². The molecule has 1 amide bonds. The smallest absolute Gasteiger partial charge is 0.223 e. The molecule has 1 saturated heterocycles. The second kappa shape index (κ2) is 5.67. The third-order valence-corrected chi connectivity index (χ3v) is 3.86. The highest BCUT2D eigenvalue weighted by Crippen LogP contribution is 2.26. The van der Waals surface area contributed by atoms with Crippen molar-refractivity contribution in [1.82, 2.24) is 4.90 Å². The Morgan fingerprint density at radius 1 is 1.53 bits per heavy atom. The van der Waals surface area contributed by atoms with Crippen molar-refractivity contribution >= 4 is 5.91 Å². The van der Waals surface area contributed by atoms with Gasteiger partial charge in [0.2, 0.25) is 5.91 Å². The molecule has 3 heteroatoms. The fraction of sp³-hybridized carbons (Fsp3) is 0.786. The molecule has 1 N–H and O–H groups in total. The number of hydrogen-bond acceptors (Lipinski definition) is 2. The summed E-state index contributed by atoms with van der Waals surface area (Å²) in [4.78, 5) is 14.2. The molecule has 0 radical (unpaired) electrons. The maximum absolute atomic E-state index is 12.2. The van der Waals surface area contributed by atoms with Crippen molar-refractivity contribution in [1.29, 1.82) is 0 Å². The molecule has 2 rings (SSSR count). The SMILES string of the molecule is C[C@H](O)C[C@@H]1CCCN1C(=O)C[C@H]1C=CCC1. The Balaban J connectivity index is 1.86. The van der Waals surface area contributed by atoms with Gasteiger partial charge in [0.25, 0.3) is 0 Å². The van der Waals surface area contributed by atoms with Crippen LogP contribution in [0.25, 0.3) is 0 Å². The predicted molar refractivity (Wildman–Crippen MR) is 67.5 cm³/mol. The number of carbonyl (C=O) groups is 1. The summed E-state index contributed by atoms with van der Waals surface area (Å²) in [5.74, 6) is 0.736. The number of hydrogen-bond donors (Lipinski definition) is 1. The molecule has 3 atom stereocenters. The van der Waals surface area contributed by atoms with Gasteiger partial charge in [-0.25, -0.2) is 0 Å². The first-order valence-corrected chi connectivity index (χ1v) is 6.81. The minimum Gasteiger partial charge on any atom is -0.393 e. The first-order valence-electron chi connectivity index (χ1n) is 6.81. The fourth-order valence-electron chi connectivity index (χ4n) is 3.01. The Kier molecular flexibility index (Phi) is 4.21. The minimum atomic E-state index is -0.306. The first-order chi connectivity index (χ1) is 8.16. The lowest BCUT2D eigenvalue weighted by molar-refractivity contribution is -0.133. The van der Waals surface area contributed by atoms with E-state index in [0.717, 1.165) is 38.6 Å². The number of rotatable bonds is 4. The highest BCUT2D eigenvalue weighted by atomic mass is 16.3. The topological polar surface area (TPSA) is 40.5 Å². The Labute approximate surface area is 103 Å². The molecule has 96 valence electrons. The van der Waals surface area contributed by atoms with E-state index in [2.05, 4.69) is 12.2 Å². The molecule has 0 unspecified atom stereocenters. The average Bonchev–Trinajstić information content (AvgIpc) is 2.87. The van der Waals surface area contributed by atoms with Crippen molar-refractivity contribution in [2.24, 2.45) is 5.92 Å². The molecule has 2 aliphatic rings. The molecule has 0 aromatic rings. The summed E-state index contributed by atoms with van der Waals surface area (Å²) < 4.78 is 0. The summed E-state index contributed by atoms with van der Waals surface area (Å²) in [5.41, 5.74) is 0. The Hall–Kier alpha value is -0.830. The third kappa shape index (κ3) is 3.32. The van der Waals surface area contributed by atoms with Crippen LogP contribution in [0.3, 0.4) is 0 Å². The van der Waals surface area contributed by atoms with Gasteiger partial charge in [-0.05, 0) is 44.9 Å². The maximum Gasteiger partial charge on any atom is 0.223 e. The van der Waals surface area contributed by atoms with E-state index in [1.165, 1.54) is 0 Å². The third-order valence-electron chi connectivity index (χ3n) is 3.86. The zero-order valence-electron chi connectivity index (χ0n) is 10.6. The van der Waals surface area contributed by atoms with Crippen LogP contribution in [0.4, 0.5) is 0 Å². The summed E-state index contributed by atoms with van der Waals surface area (Å²) in [5, 5.41) is 9.45. The number of likely N-dealkylation sites (tertiary alicyclic amines) is 1. The van der Waals surface area contributed by atoms with Crippen LogP contribution in [0, 0.1) is 5.92 Å². The summed E-state index contributed by atoms with van der Waals surface area (Å²) >= 11 is 0. The number of nitrogens with zero attached hydrogens (tertiary/aromatic N) is 1. The van der Waals surface area contributed by atoms with E-state index < -0.39 is 0 Å². The van der Waals surface area contributed by atoms with E-state index in [0.29, 0.717) is 12.3 Å². The van der Waals surface area contributed by atoms with Crippen LogP contribution in [-0.4, -0.2) is 34.6 Å². The van der Waals surface area contributed by atoms with Crippen molar-refractivity contribution in [3.63, 3.8) is 0 Å². The lowest BCUT2D eigenvalue weighted by atomic mass is 10.0. The van der Waals surface area contributed by atoms with Crippen LogP contribution >= 0.6 is 0 Å². The Morgan fingerprint density at radius 3 is 3.00 bits per heavy atom. The van der Waals surface area contributed by atoms with Crippen LogP contribution in [-0.2, 0) is 4.79 Å².